The Bertz CT molecular complexity index is 754. The maximum absolute atomic E-state index is 12.6. The van der Waals surface area contributed by atoms with Gasteiger partial charge >= 0.3 is 0 Å². The highest BCUT2D eigenvalue weighted by Crippen LogP contribution is 2.25. The minimum atomic E-state index is -0.445. The number of thiophene rings is 1. The summed E-state index contributed by atoms with van der Waals surface area (Å²) in [6, 6.07) is 8.70. The molecule has 1 aromatic carbocycles. The number of rotatable bonds is 7. The van der Waals surface area contributed by atoms with E-state index in [0.29, 0.717) is 18.8 Å². The molecule has 2 aromatic rings. The predicted molar refractivity (Wildman–Crippen MR) is 99.3 cm³/mol. The summed E-state index contributed by atoms with van der Waals surface area (Å²) in [5.41, 5.74) is 1.87. The van der Waals surface area contributed by atoms with Crippen molar-refractivity contribution in [2.75, 3.05) is 18.1 Å². The Morgan fingerprint density at radius 3 is 2.64 bits per heavy atom. The minimum Gasteiger partial charge on any atom is -0.494 e. The van der Waals surface area contributed by atoms with E-state index in [4.69, 9.17) is 4.74 Å². The SMILES string of the molecule is CCOc1ccc(N2C(=O)CC(NCCc3sccc3C)C2=O)cc1. The van der Waals surface area contributed by atoms with Gasteiger partial charge in [0.1, 0.15) is 5.75 Å². The van der Waals surface area contributed by atoms with Crippen LogP contribution in [0, 0.1) is 6.92 Å². The summed E-state index contributed by atoms with van der Waals surface area (Å²) in [6.07, 6.45) is 1.07. The van der Waals surface area contributed by atoms with Gasteiger partial charge in [0, 0.05) is 11.4 Å². The zero-order chi connectivity index (χ0) is 17.8. The molecule has 5 nitrogen and oxygen atoms in total. The molecule has 1 atom stereocenters. The number of nitrogens with one attached hydrogen (secondary N) is 1. The number of amides is 2. The maximum atomic E-state index is 12.6. The average molecular weight is 358 g/mol. The van der Waals surface area contributed by atoms with E-state index in [1.807, 2.05) is 6.92 Å². The van der Waals surface area contributed by atoms with E-state index in [0.717, 1.165) is 12.2 Å². The lowest BCUT2D eigenvalue weighted by molar-refractivity contribution is -0.121. The maximum Gasteiger partial charge on any atom is 0.251 e. The quantitative estimate of drug-likeness (QED) is 0.773. The Morgan fingerprint density at radius 1 is 1.24 bits per heavy atom. The number of anilines is 1. The van der Waals surface area contributed by atoms with Crippen LogP contribution in [0.1, 0.15) is 23.8 Å². The Balaban J connectivity index is 1.60. The van der Waals surface area contributed by atoms with Crippen molar-refractivity contribution >= 4 is 28.8 Å². The molecule has 1 N–H and O–H groups in total. The number of ether oxygens (including phenoxy) is 1. The van der Waals surface area contributed by atoms with E-state index in [9.17, 15) is 9.59 Å². The topological polar surface area (TPSA) is 58.6 Å². The monoisotopic (exact) mass is 358 g/mol. The summed E-state index contributed by atoms with van der Waals surface area (Å²) in [7, 11) is 0. The summed E-state index contributed by atoms with van der Waals surface area (Å²) in [4.78, 5) is 27.5. The van der Waals surface area contributed by atoms with E-state index in [2.05, 4.69) is 23.7 Å². The number of benzene rings is 1. The summed E-state index contributed by atoms with van der Waals surface area (Å²) in [5.74, 6) is 0.377. The van der Waals surface area contributed by atoms with Crippen molar-refractivity contribution in [2.45, 2.75) is 32.7 Å². The number of hydrogen-bond donors (Lipinski definition) is 1. The molecule has 0 saturated carbocycles. The molecule has 25 heavy (non-hydrogen) atoms. The van der Waals surface area contributed by atoms with Crippen molar-refractivity contribution in [3.63, 3.8) is 0 Å². The Morgan fingerprint density at radius 2 is 2.00 bits per heavy atom. The summed E-state index contributed by atoms with van der Waals surface area (Å²) >= 11 is 1.72. The lowest BCUT2D eigenvalue weighted by Gasteiger charge is -2.16. The van der Waals surface area contributed by atoms with E-state index in [1.165, 1.54) is 15.3 Å². The molecule has 0 radical (unpaired) electrons. The molecule has 0 aliphatic carbocycles. The van der Waals surface area contributed by atoms with Gasteiger partial charge in [-0.1, -0.05) is 0 Å². The standard InChI is InChI=1S/C19H22N2O3S/c1-3-24-15-6-4-14(5-7-15)21-18(22)12-16(19(21)23)20-10-8-17-13(2)9-11-25-17/h4-7,9,11,16,20H,3,8,10,12H2,1-2H3. The number of carbonyl (C=O) groups is 2. The fourth-order valence-electron chi connectivity index (χ4n) is 2.94. The smallest absolute Gasteiger partial charge is 0.251 e. The van der Waals surface area contributed by atoms with Crippen molar-refractivity contribution in [1.82, 2.24) is 5.32 Å². The number of nitrogens with zero attached hydrogens (tertiary/aromatic N) is 1. The molecule has 132 valence electrons. The van der Waals surface area contributed by atoms with Gasteiger partial charge in [0.05, 0.1) is 24.8 Å². The van der Waals surface area contributed by atoms with Gasteiger partial charge in [0.2, 0.25) is 5.91 Å². The lowest BCUT2D eigenvalue weighted by Crippen LogP contribution is -2.39. The molecule has 0 spiro atoms. The zero-order valence-corrected chi connectivity index (χ0v) is 15.3. The second kappa shape index (κ2) is 7.80. The first-order valence-electron chi connectivity index (χ1n) is 8.46. The van der Waals surface area contributed by atoms with Crippen LogP contribution < -0.4 is 15.0 Å². The van der Waals surface area contributed by atoms with E-state index >= 15 is 0 Å². The molecule has 1 fully saturated rings. The van der Waals surface area contributed by atoms with Crippen LogP contribution in [0.3, 0.4) is 0 Å². The molecule has 1 aromatic heterocycles. The Labute approximate surface area is 151 Å². The fraction of sp³-hybridized carbons (Fsp3) is 0.368. The van der Waals surface area contributed by atoms with Crippen LogP contribution in [-0.4, -0.2) is 31.0 Å². The third kappa shape index (κ3) is 3.91. The molecule has 3 rings (SSSR count). The summed E-state index contributed by atoms with van der Waals surface area (Å²) in [5, 5.41) is 5.30. The van der Waals surface area contributed by atoms with Gasteiger partial charge in [-0.05, 0) is 61.5 Å². The van der Waals surface area contributed by atoms with Gasteiger partial charge in [0.15, 0.2) is 0 Å². The summed E-state index contributed by atoms with van der Waals surface area (Å²) < 4.78 is 5.40. The molecule has 6 heteroatoms. The third-order valence-corrected chi connectivity index (χ3v) is 5.35. The van der Waals surface area contributed by atoms with Gasteiger partial charge in [0.25, 0.3) is 5.91 Å². The Hall–Kier alpha value is -2.18. The van der Waals surface area contributed by atoms with E-state index < -0.39 is 6.04 Å². The molecular weight excluding hydrogens is 336 g/mol. The first-order valence-corrected chi connectivity index (χ1v) is 9.34. The highest BCUT2D eigenvalue weighted by Gasteiger charge is 2.39. The highest BCUT2D eigenvalue weighted by atomic mass is 32.1. The molecule has 1 aliphatic heterocycles. The van der Waals surface area contributed by atoms with Crippen molar-refractivity contribution in [3.05, 3.63) is 46.2 Å². The van der Waals surface area contributed by atoms with Crippen LogP contribution >= 0.6 is 11.3 Å². The average Bonchev–Trinajstić information content (AvgIpc) is 3.12. The number of aryl methyl sites for hydroxylation is 1. The van der Waals surface area contributed by atoms with Crippen LogP contribution in [0.5, 0.6) is 5.75 Å². The number of imide groups is 1. The van der Waals surface area contributed by atoms with E-state index in [1.54, 1.807) is 35.6 Å². The van der Waals surface area contributed by atoms with Crippen LogP contribution in [0.15, 0.2) is 35.7 Å². The lowest BCUT2D eigenvalue weighted by atomic mass is 10.2. The van der Waals surface area contributed by atoms with Gasteiger partial charge in [-0.3, -0.25) is 9.59 Å². The van der Waals surface area contributed by atoms with Crippen LogP contribution in [-0.2, 0) is 16.0 Å². The van der Waals surface area contributed by atoms with Gasteiger partial charge in [-0.2, -0.15) is 0 Å². The zero-order valence-electron chi connectivity index (χ0n) is 14.5. The molecule has 1 saturated heterocycles. The van der Waals surface area contributed by atoms with Crippen molar-refractivity contribution in [2.24, 2.45) is 0 Å². The fourth-order valence-corrected chi connectivity index (χ4v) is 3.85. The highest BCUT2D eigenvalue weighted by molar-refractivity contribution is 7.10. The van der Waals surface area contributed by atoms with Crippen molar-refractivity contribution < 1.29 is 14.3 Å². The molecule has 2 amide bonds. The minimum absolute atomic E-state index is 0.168. The van der Waals surface area contributed by atoms with Crippen LogP contribution in [0.2, 0.25) is 0 Å². The normalized spacial score (nSPS) is 17.4. The number of carbonyl (C=O) groups excluding carboxylic acids is 2. The van der Waals surface area contributed by atoms with Crippen molar-refractivity contribution in [1.29, 1.82) is 0 Å². The van der Waals surface area contributed by atoms with Crippen molar-refractivity contribution in [3.8, 4) is 5.75 Å². The second-order valence-electron chi connectivity index (χ2n) is 5.98. The molecular formula is C19H22N2O3S. The third-order valence-electron chi connectivity index (χ3n) is 4.26. The van der Waals surface area contributed by atoms with Gasteiger partial charge < -0.3 is 10.1 Å². The summed E-state index contributed by atoms with van der Waals surface area (Å²) in [6.45, 7) is 5.26. The first kappa shape index (κ1) is 17.6. The predicted octanol–water partition coefficient (Wildman–Crippen LogP) is 2.92. The molecule has 1 aliphatic rings. The first-order chi connectivity index (χ1) is 12.1. The molecule has 2 heterocycles. The van der Waals surface area contributed by atoms with E-state index in [-0.39, 0.29) is 18.2 Å². The Kier molecular flexibility index (Phi) is 5.50. The largest absolute Gasteiger partial charge is 0.494 e. The van der Waals surface area contributed by atoms with Gasteiger partial charge in [-0.15, -0.1) is 11.3 Å². The van der Waals surface area contributed by atoms with Gasteiger partial charge in [-0.25, -0.2) is 4.90 Å². The van der Waals surface area contributed by atoms with Crippen LogP contribution in [0.4, 0.5) is 5.69 Å². The van der Waals surface area contributed by atoms with Crippen LogP contribution in [0.25, 0.3) is 0 Å². The molecule has 0 bridgehead atoms. The number of hydrogen-bond acceptors (Lipinski definition) is 5. The molecule has 1 unspecified atom stereocenters. The second-order valence-corrected chi connectivity index (χ2v) is 6.98.